The topological polar surface area (TPSA) is 76.1 Å². The molecule has 1 amide bonds. The molecular weight excluding hydrogens is 423 g/mol. The highest BCUT2D eigenvalue weighted by Gasteiger charge is 2.26. The van der Waals surface area contributed by atoms with Crippen LogP contribution in [0.3, 0.4) is 0 Å². The molecule has 2 aromatic carbocycles. The zero-order valence-corrected chi connectivity index (χ0v) is 18.6. The van der Waals surface area contributed by atoms with E-state index in [2.05, 4.69) is 27.2 Å². The molecular formula is C25H29FN4O3. The third-order valence-electron chi connectivity index (χ3n) is 7.18. The number of aromatic carboxylic acids is 1. The largest absolute Gasteiger partial charge is 0.478 e. The Morgan fingerprint density at radius 1 is 1.00 bits per heavy atom. The maximum absolute atomic E-state index is 14.4. The second-order valence-electron chi connectivity index (χ2n) is 9.21. The molecule has 33 heavy (non-hydrogen) atoms. The normalized spacial score (nSPS) is 19.5. The number of rotatable bonds is 5. The minimum absolute atomic E-state index is 0.0182. The van der Waals surface area contributed by atoms with Gasteiger partial charge in [-0.25, -0.2) is 9.18 Å². The molecule has 2 fully saturated rings. The third-order valence-corrected chi connectivity index (χ3v) is 7.18. The number of nitrogens with zero attached hydrogens (tertiary/aromatic N) is 3. The maximum atomic E-state index is 14.4. The molecule has 0 unspecified atom stereocenters. The summed E-state index contributed by atoms with van der Waals surface area (Å²) in [5.41, 5.74) is 3.55. The van der Waals surface area contributed by atoms with E-state index in [1.165, 1.54) is 11.8 Å². The van der Waals surface area contributed by atoms with Gasteiger partial charge in [-0.05, 0) is 60.7 Å². The molecule has 0 bridgehead atoms. The SMILES string of the molecule is O=C(O)c1ccc(N2CCC(CN3CCN(c4ccc5c(c4)CNC5=O)CC3)CC2)c(F)c1. The van der Waals surface area contributed by atoms with Crippen LogP contribution < -0.4 is 15.1 Å². The number of hydrogen-bond acceptors (Lipinski definition) is 5. The highest BCUT2D eigenvalue weighted by atomic mass is 19.1. The molecule has 0 spiro atoms. The number of amides is 1. The van der Waals surface area contributed by atoms with Crippen LogP contribution in [0.25, 0.3) is 0 Å². The van der Waals surface area contributed by atoms with Gasteiger partial charge >= 0.3 is 5.97 Å². The van der Waals surface area contributed by atoms with Crippen LogP contribution in [-0.4, -0.2) is 67.7 Å². The van der Waals surface area contributed by atoms with Crippen LogP contribution >= 0.6 is 0 Å². The van der Waals surface area contributed by atoms with Crippen LogP contribution in [0.5, 0.6) is 0 Å². The molecule has 2 N–H and O–H groups in total. The number of carbonyl (C=O) groups is 2. The maximum Gasteiger partial charge on any atom is 0.335 e. The molecule has 5 rings (SSSR count). The first-order valence-electron chi connectivity index (χ1n) is 11.6. The minimum Gasteiger partial charge on any atom is -0.478 e. The Morgan fingerprint density at radius 3 is 2.45 bits per heavy atom. The zero-order chi connectivity index (χ0) is 22.9. The Kier molecular flexibility index (Phi) is 5.93. The molecule has 2 saturated heterocycles. The summed E-state index contributed by atoms with van der Waals surface area (Å²) >= 11 is 0. The summed E-state index contributed by atoms with van der Waals surface area (Å²) in [6.45, 7) is 7.23. The van der Waals surface area contributed by atoms with Gasteiger partial charge in [0.05, 0.1) is 11.3 Å². The van der Waals surface area contributed by atoms with Crippen LogP contribution in [0.4, 0.5) is 15.8 Å². The van der Waals surface area contributed by atoms with Gasteiger partial charge in [-0.1, -0.05) is 0 Å². The molecule has 0 atom stereocenters. The van der Waals surface area contributed by atoms with Gasteiger partial charge in [-0.3, -0.25) is 9.69 Å². The highest BCUT2D eigenvalue weighted by Crippen LogP contribution is 2.28. The van der Waals surface area contributed by atoms with Crippen molar-refractivity contribution in [2.45, 2.75) is 19.4 Å². The number of fused-ring (bicyclic) bond motifs is 1. The third kappa shape index (κ3) is 4.53. The average Bonchev–Trinajstić information content (AvgIpc) is 3.20. The molecule has 8 heteroatoms. The second kappa shape index (κ2) is 9.02. The summed E-state index contributed by atoms with van der Waals surface area (Å²) in [6.07, 6.45) is 2.01. The minimum atomic E-state index is -1.11. The van der Waals surface area contributed by atoms with Crippen molar-refractivity contribution in [1.82, 2.24) is 10.2 Å². The van der Waals surface area contributed by atoms with E-state index in [9.17, 15) is 14.0 Å². The standard InChI is InChI=1S/C25H29FN4O3/c26-22-14-18(25(32)33)1-4-23(22)30-7-5-17(6-8-30)16-28-9-11-29(12-10-28)20-2-3-21-19(13-20)15-27-24(21)31/h1-4,13-14,17H,5-12,15-16H2,(H,27,31)(H,32,33). The van der Waals surface area contributed by atoms with Gasteiger partial charge in [0, 0.05) is 63.6 Å². The van der Waals surface area contributed by atoms with Crippen molar-refractivity contribution in [2.75, 3.05) is 55.6 Å². The molecule has 2 aromatic rings. The molecule has 174 valence electrons. The first-order valence-corrected chi connectivity index (χ1v) is 11.6. The van der Waals surface area contributed by atoms with Crippen LogP contribution in [0, 0.1) is 11.7 Å². The van der Waals surface area contributed by atoms with E-state index in [0.29, 0.717) is 18.2 Å². The van der Waals surface area contributed by atoms with Crippen molar-refractivity contribution in [1.29, 1.82) is 0 Å². The molecule has 0 radical (unpaired) electrons. The van der Waals surface area contributed by atoms with Crippen molar-refractivity contribution >= 4 is 23.3 Å². The number of carbonyl (C=O) groups excluding carboxylic acids is 1. The van der Waals surface area contributed by atoms with Gasteiger partial charge in [0.15, 0.2) is 0 Å². The summed E-state index contributed by atoms with van der Waals surface area (Å²) in [5.74, 6) is -0.961. The second-order valence-corrected chi connectivity index (χ2v) is 9.21. The lowest BCUT2D eigenvalue weighted by atomic mass is 9.95. The first kappa shape index (κ1) is 21.7. The van der Waals surface area contributed by atoms with E-state index < -0.39 is 11.8 Å². The summed E-state index contributed by atoms with van der Waals surface area (Å²) in [4.78, 5) is 29.7. The first-order chi connectivity index (χ1) is 16.0. The lowest BCUT2D eigenvalue weighted by Crippen LogP contribution is -2.49. The Bertz CT molecular complexity index is 1060. The van der Waals surface area contributed by atoms with E-state index in [4.69, 9.17) is 5.11 Å². The van der Waals surface area contributed by atoms with Crippen molar-refractivity contribution in [3.05, 3.63) is 58.9 Å². The number of hydrogen-bond donors (Lipinski definition) is 2. The molecule has 7 nitrogen and oxygen atoms in total. The van der Waals surface area contributed by atoms with E-state index in [1.54, 1.807) is 6.07 Å². The fraction of sp³-hybridized carbons (Fsp3) is 0.440. The van der Waals surface area contributed by atoms with Gasteiger partial charge < -0.3 is 20.2 Å². The molecule has 0 saturated carbocycles. The number of piperazine rings is 1. The van der Waals surface area contributed by atoms with Gasteiger partial charge in [0.1, 0.15) is 5.82 Å². The van der Waals surface area contributed by atoms with Gasteiger partial charge in [0.2, 0.25) is 0 Å². The molecule has 3 aliphatic heterocycles. The Balaban J connectivity index is 1.10. The summed E-state index contributed by atoms with van der Waals surface area (Å²) in [5, 5.41) is 11.9. The Labute approximate surface area is 192 Å². The predicted molar refractivity (Wildman–Crippen MR) is 125 cm³/mol. The quantitative estimate of drug-likeness (QED) is 0.727. The Hall–Kier alpha value is -3.13. The summed E-state index contributed by atoms with van der Waals surface area (Å²) in [6, 6.07) is 10.3. The van der Waals surface area contributed by atoms with Crippen molar-refractivity contribution in [2.24, 2.45) is 5.92 Å². The van der Waals surface area contributed by atoms with Crippen molar-refractivity contribution < 1.29 is 19.1 Å². The van der Waals surface area contributed by atoms with E-state index in [-0.39, 0.29) is 11.5 Å². The average molecular weight is 453 g/mol. The van der Waals surface area contributed by atoms with Crippen molar-refractivity contribution in [3.63, 3.8) is 0 Å². The van der Waals surface area contributed by atoms with Crippen LogP contribution in [-0.2, 0) is 6.54 Å². The predicted octanol–water partition coefficient (Wildman–Crippen LogP) is 2.81. The molecule has 0 aliphatic carbocycles. The van der Waals surface area contributed by atoms with Crippen molar-refractivity contribution in [3.8, 4) is 0 Å². The zero-order valence-electron chi connectivity index (χ0n) is 18.6. The number of piperidine rings is 1. The van der Waals surface area contributed by atoms with E-state index >= 15 is 0 Å². The Morgan fingerprint density at radius 2 is 1.76 bits per heavy atom. The molecule has 3 heterocycles. The number of benzene rings is 2. The van der Waals surface area contributed by atoms with Gasteiger partial charge in [-0.15, -0.1) is 0 Å². The lowest BCUT2D eigenvalue weighted by Gasteiger charge is -2.40. The smallest absolute Gasteiger partial charge is 0.335 e. The number of carboxylic acids is 1. The van der Waals surface area contributed by atoms with Crippen LogP contribution in [0.1, 0.15) is 39.1 Å². The molecule has 0 aromatic heterocycles. The number of carboxylic acid groups (broad SMARTS) is 1. The number of anilines is 2. The van der Waals surface area contributed by atoms with Gasteiger partial charge in [0.25, 0.3) is 5.91 Å². The van der Waals surface area contributed by atoms with Crippen LogP contribution in [0.2, 0.25) is 0 Å². The monoisotopic (exact) mass is 452 g/mol. The number of nitrogens with one attached hydrogen (secondary N) is 1. The molecule has 3 aliphatic rings. The number of halogens is 1. The lowest BCUT2D eigenvalue weighted by molar-refractivity contribution is 0.0696. The highest BCUT2D eigenvalue weighted by molar-refractivity contribution is 5.98. The van der Waals surface area contributed by atoms with Crippen LogP contribution in [0.15, 0.2) is 36.4 Å². The fourth-order valence-electron chi connectivity index (χ4n) is 5.22. The van der Waals surface area contributed by atoms with Gasteiger partial charge in [-0.2, -0.15) is 0 Å². The van der Waals surface area contributed by atoms with E-state index in [1.807, 2.05) is 11.0 Å². The van der Waals surface area contributed by atoms with E-state index in [0.717, 1.165) is 75.8 Å². The summed E-state index contributed by atoms with van der Waals surface area (Å²) < 4.78 is 14.4. The fourth-order valence-corrected chi connectivity index (χ4v) is 5.22. The summed E-state index contributed by atoms with van der Waals surface area (Å²) in [7, 11) is 0.